The Kier molecular flexibility index (Phi) is 3.78. The van der Waals surface area contributed by atoms with Crippen molar-refractivity contribution < 1.29 is 12.8 Å². The van der Waals surface area contributed by atoms with Crippen molar-refractivity contribution in [3.63, 3.8) is 0 Å². The second kappa shape index (κ2) is 5.61. The third kappa shape index (κ3) is 2.92. The largest absolute Gasteiger partial charge is 0.374 e. The molecule has 6 heteroatoms. The van der Waals surface area contributed by atoms with Gasteiger partial charge < -0.3 is 4.90 Å². The van der Waals surface area contributed by atoms with Gasteiger partial charge in [0, 0.05) is 25.0 Å². The molecule has 0 saturated heterocycles. The molecule has 1 N–H and O–H groups in total. The number of hydrogen-bond donors (Lipinski definition) is 1. The highest BCUT2D eigenvalue weighted by molar-refractivity contribution is 7.92. The first-order valence-electron chi connectivity index (χ1n) is 7.08. The number of rotatable bonds is 3. The molecule has 0 aromatic heterocycles. The highest BCUT2D eigenvalue weighted by Crippen LogP contribution is 2.29. The van der Waals surface area contributed by atoms with E-state index in [4.69, 9.17) is 0 Å². The highest BCUT2D eigenvalue weighted by atomic mass is 32.2. The number of hydrogen-bond acceptors (Lipinski definition) is 3. The second-order valence-electron chi connectivity index (χ2n) is 5.43. The zero-order valence-corrected chi connectivity index (χ0v) is 13.0. The number of benzene rings is 2. The van der Waals surface area contributed by atoms with E-state index in [9.17, 15) is 12.8 Å². The maximum atomic E-state index is 12.9. The van der Waals surface area contributed by atoms with Crippen molar-refractivity contribution in [2.45, 2.75) is 17.7 Å². The molecule has 1 aliphatic rings. The predicted octanol–water partition coefficient (Wildman–Crippen LogP) is 3.01. The molecule has 0 bridgehead atoms. The Morgan fingerprint density at radius 1 is 1.14 bits per heavy atom. The molecule has 0 atom stereocenters. The van der Waals surface area contributed by atoms with Crippen molar-refractivity contribution >= 4 is 21.4 Å². The summed E-state index contributed by atoms with van der Waals surface area (Å²) in [6.07, 6.45) is 1.99. The lowest BCUT2D eigenvalue weighted by Crippen LogP contribution is -2.24. The van der Waals surface area contributed by atoms with Gasteiger partial charge in [0.15, 0.2) is 0 Å². The summed E-state index contributed by atoms with van der Waals surface area (Å²) in [5.74, 6) is -0.462. The molecule has 22 heavy (non-hydrogen) atoms. The molecule has 0 saturated carbocycles. The third-order valence-corrected chi connectivity index (χ3v) is 5.20. The van der Waals surface area contributed by atoms with Crippen molar-refractivity contribution in [3.8, 4) is 0 Å². The Labute approximate surface area is 129 Å². The minimum absolute atomic E-state index is 0.0451. The van der Waals surface area contributed by atoms with Crippen LogP contribution in [0.1, 0.15) is 12.0 Å². The number of nitrogens with zero attached hydrogens (tertiary/aromatic N) is 1. The summed E-state index contributed by atoms with van der Waals surface area (Å²) >= 11 is 0. The van der Waals surface area contributed by atoms with E-state index in [1.807, 2.05) is 19.2 Å². The lowest BCUT2D eigenvalue weighted by Gasteiger charge is -2.27. The smallest absolute Gasteiger partial charge is 0.261 e. The molecule has 2 aromatic rings. The molecule has 4 nitrogen and oxygen atoms in total. The van der Waals surface area contributed by atoms with E-state index in [1.165, 1.54) is 12.1 Å². The summed E-state index contributed by atoms with van der Waals surface area (Å²) < 4.78 is 40.1. The van der Waals surface area contributed by atoms with Gasteiger partial charge in [-0.25, -0.2) is 12.8 Å². The molecule has 0 radical (unpaired) electrons. The predicted molar refractivity (Wildman–Crippen MR) is 85.2 cm³/mol. The van der Waals surface area contributed by atoms with Gasteiger partial charge in [-0.2, -0.15) is 0 Å². The Morgan fingerprint density at radius 3 is 2.59 bits per heavy atom. The van der Waals surface area contributed by atoms with Gasteiger partial charge in [0.25, 0.3) is 10.0 Å². The molecule has 0 aliphatic carbocycles. The van der Waals surface area contributed by atoms with E-state index in [1.54, 1.807) is 6.07 Å². The zero-order chi connectivity index (χ0) is 15.7. The van der Waals surface area contributed by atoms with Gasteiger partial charge in [-0.3, -0.25) is 4.72 Å². The second-order valence-corrected chi connectivity index (χ2v) is 7.11. The number of nitrogens with one attached hydrogen (secondary N) is 1. The van der Waals surface area contributed by atoms with Crippen LogP contribution in [-0.4, -0.2) is 22.0 Å². The van der Waals surface area contributed by atoms with E-state index in [0.29, 0.717) is 5.69 Å². The minimum Gasteiger partial charge on any atom is -0.374 e. The maximum Gasteiger partial charge on any atom is 0.261 e. The van der Waals surface area contributed by atoms with Crippen LogP contribution in [0.4, 0.5) is 15.8 Å². The molecule has 0 amide bonds. The molecule has 0 fully saturated rings. The van der Waals surface area contributed by atoms with E-state index in [-0.39, 0.29) is 4.90 Å². The number of aryl methyl sites for hydroxylation is 1. The molecule has 116 valence electrons. The van der Waals surface area contributed by atoms with Gasteiger partial charge in [0.2, 0.25) is 0 Å². The first-order valence-corrected chi connectivity index (χ1v) is 8.56. The number of anilines is 2. The van der Waals surface area contributed by atoms with Gasteiger partial charge in [0.05, 0.1) is 4.90 Å². The summed E-state index contributed by atoms with van der Waals surface area (Å²) in [6.45, 7) is 1.01. The highest BCUT2D eigenvalue weighted by Gasteiger charge is 2.17. The van der Waals surface area contributed by atoms with Gasteiger partial charge in [0.1, 0.15) is 5.82 Å². The van der Waals surface area contributed by atoms with Crippen LogP contribution >= 0.6 is 0 Å². The fourth-order valence-electron chi connectivity index (χ4n) is 2.68. The molecular formula is C16H17FN2O2S. The van der Waals surface area contributed by atoms with Crippen molar-refractivity contribution in [2.24, 2.45) is 0 Å². The molecule has 1 heterocycles. The average molecular weight is 320 g/mol. The Balaban J connectivity index is 1.88. The van der Waals surface area contributed by atoms with Crippen LogP contribution in [0.15, 0.2) is 47.4 Å². The first kappa shape index (κ1) is 14.8. The van der Waals surface area contributed by atoms with Crippen LogP contribution in [0.5, 0.6) is 0 Å². The Morgan fingerprint density at radius 2 is 1.86 bits per heavy atom. The van der Waals surface area contributed by atoms with Crippen molar-refractivity contribution in [1.82, 2.24) is 0 Å². The first-order chi connectivity index (χ1) is 10.5. The van der Waals surface area contributed by atoms with Crippen LogP contribution in [0.3, 0.4) is 0 Å². The van der Waals surface area contributed by atoms with Crippen molar-refractivity contribution in [1.29, 1.82) is 0 Å². The number of fused-ring (bicyclic) bond motifs is 1. The summed E-state index contributed by atoms with van der Waals surface area (Å²) in [5, 5.41) is 0. The molecule has 0 unspecified atom stereocenters. The van der Waals surface area contributed by atoms with Crippen molar-refractivity contribution in [3.05, 3.63) is 53.8 Å². The van der Waals surface area contributed by atoms with Crippen LogP contribution in [0, 0.1) is 5.82 Å². The SMILES string of the molecule is CN1CCCc2cc(NS(=O)(=O)c3ccc(F)cc3)ccc21. The monoisotopic (exact) mass is 320 g/mol. The zero-order valence-electron chi connectivity index (χ0n) is 12.2. The molecule has 1 aliphatic heterocycles. The fraction of sp³-hybridized carbons (Fsp3) is 0.250. The molecule has 0 spiro atoms. The quantitative estimate of drug-likeness (QED) is 0.946. The Bertz CT molecular complexity index is 788. The fourth-order valence-corrected chi connectivity index (χ4v) is 3.73. The minimum atomic E-state index is -3.70. The van der Waals surface area contributed by atoms with Gasteiger partial charge in [-0.1, -0.05) is 0 Å². The van der Waals surface area contributed by atoms with E-state index < -0.39 is 15.8 Å². The summed E-state index contributed by atoms with van der Waals surface area (Å²) in [5.41, 5.74) is 2.79. The lowest BCUT2D eigenvalue weighted by atomic mass is 10.0. The van der Waals surface area contributed by atoms with Crippen LogP contribution in [0.25, 0.3) is 0 Å². The standard InChI is InChI=1S/C16H17FN2O2S/c1-19-10-2-3-12-11-14(6-9-16(12)19)18-22(20,21)15-7-4-13(17)5-8-15/h4-9,11,18H,2-3,10H2,1H3. The van der Waals surface area contributed by atoms with Gasteiger partial charge in [-0.05, 0) is 60.9 Å². The van der Waals surface area contributed by atoms with Gasteiger partial charge >= 0.3 is 0 Å². The van der Waals surface area contributed by atoms with Crippen LogP contribution < -0.4 is 9.62 Å². The van der Waals surface area contributed by atoms with E-state index in [2.05, 4.69) is 9.62 Å². The topological polar surface area (TPSA) is 49.4 Å². The lowest BCUT2D eigenvalue weighted by molar-refractivity contribution is 0.599. The summed E-state index contributed by atoms with van der Waals surface area (Å²) in [7, 11) is -1.67. The number of sulfonamides is 1. The summed E-state index contributed by atoms with van der Waals surface area (Å²) in [4.78, 5) is 2.21. The maximum absolute atomic E-state index is 12.9. The third-order valence-electron chi connectivity index (χ3n) is 3.81. The van der Waals surface area contributed by atoms with Gasteiger partial charge in [-0.15, -0.1) is 0 Å². The summed E-state index contributed by atoms with van der Waals surface area (Å²) in [6, 6.07) is 10.3. The van der Waals surface area contributed by atoms with Crippen LogP contribution in [-0.2, 0) is 16.4 Å². The number of halogens is 1. The molecule has 3 rings (SSSR count). The van der Waals surface area contributed by atoms with E-state index in [0.717, 1.165) is 42.8 Å². The van der Waals surface area contributed by atoms with E-state index >= 15 is 0 Å². The molecule has 2 aromatic carbocycles. The van der Waals surface area contributed by atoms with Crippen LogP contribution in [0.2, 0.25) is 0 Å². The molecular weight excluding hydrogens is 303 g/mol. The Hall–Kier alpha value is -2.08. The van der Waals surface area contributed by atoms with Crippen molar-refractivity contribution in [2.75, 3.05) is 23.2 Å². The average Bonchev–Trinajstić information content (AvgIpc) is 2.47. The normalized spacial score (nSPS) is 14.5.